The second kappa shape index (κ2) is 11.3. The highest BCUT2D eigenvalue weighted by Crippen LogP contribution is 2.14. The van der Waals surface area contributed by atoms with Gasteiger partial charge in [-0.25, -0.2) is 0 Å². The van der Waals surface area contributed by atoms with Crippen LogP contribution in [0, 0.1) is 0 Å². The molecule has 0 spiro atoms. The van der Waals surface area contributed by atoms with E-state index in [0.717, 1.165) is 6.42 Å². The third-order valence-electron chi connectivity index (χ3n) is 2.62. The summed E-state index contributed by atoms with van der Waals surface area (Å²) in [6.07, 6.45) is 0.118. The number of anilines is 1. The summed E-state index contributed by atoms with van der Waals surface area (Å²) in [5.41, 5.74) is 6.27. The molecule has 6 heteroatoms. The lowest BCUT2D eigenvalue weighted by Crippen LogP contribution is -2.24. The zero-order valence-corrected chi connectivity index (χ0v) is 12.5. The van der Waals surface area contributed by atoms with Gasteiger partial charge in [-0.15, -0.1) is 0 Å². The van der Waals surface area contributed by atoms with E-state index in [2.05, 4.69) is 0 Å². The summed E-state index contributed by atoms with van der Waals surface area (Å²) in [7, 11) is 1.64. The first kappa shape index (κ1) is 17.7. The van der Waals surface area contributed by atoms with Gasteiger partial charge in [-0.1, -0.05) is 6.07 Å². The highest BCUT2D eigenvalue weighted by molar-refractivity contribution is 5.43. The number of ether oxygens (including phenoxy) is 4. The second-order valence-electron chi connectivity index (χ2n) is 4.57. The molecule has 0 saturated heterocycles. The molecule has 21 heavy (non-hydrogen) atoms. The summed E-state index contributed by atoms with van der Waals surface area (Å²) >= 11 is 0. The quantitative estimate of drug-likeness (QED) is 0.444. The van der Waals surface area contributed by atoms with E-state index in [4.69, 9.17) is 24.7 Å². The number of rotatable bonds is 12. The predicted molar refractivity (Wildman–Crippen MR) is 80.5 cm³/mol. The van der Waals surface area contributed by atoms with Crippen LogP contribution in [0.4, 0.5) is 5.69 Å². The summed E-state index contributed by atoms with van der Waals surface area (Å²) in [4.78, 5) is 0. The molecule has 1 unspecified atom stereocenters. The van der Waals surface area contributed by atoms with Crippen molar-refractivity contribution in [2.45, 2.75) is 12.5 Å². The van der Waals surface area contributed by atoms with Crippen LogP contribution in [-0.2, 0) is 14.2 Å². The van der Waals surface area contributed by atoms with Crippen molar-refractivity contribution in [1.82, 2.24) is 0 Å². The van der Waals surface area contributed by atoms with Gasteiger partial charge in [0.05, 0.1) is 19.8 Å². The maximum atomic E-state index is 9.72. The van der Waals surface area contributed by atoms with Crippen molar-refractivity contribution < 1.29 is 24.1 Å². The molecule has 0 aromatic heterocycles. The number of aliphatic hydroxyl groups is 1. The van der Waals surface area contributed by atoms with Crippen LogP contribution in [0.2, 0.25) is 0 Å². The van der Waals surface area contributed by atoms with Crippen molar-refractivity contribution in [3.63, 3.8) is 0 Å². The van der Waals surface area contributed by atoms with E-state index >= 15 is 0 Å². The molecular formula is C15H25NO5. The summed E-state index contributed by atoms with van der Waals surface area (Å²) in [6.45, 7) is 2.77. The summed E-state index contributed by atoms with van der Waals surface area (Å²) in [6, 6.07) is 7.09. The van der Waals surface area contributed by atoms with Gasteiger partial charge in [-0.3, -0.25) is 0 Å². The Morgan fingerprint density at radius 3 is 2.67 bits per heavy atom. The van der Waals surface area contributed by atoms with Crippen molar-refractivity contribution in [3.8, 4) is 5.75 Å². The minimum Gasteiger partial charge on any atom is -0.491 e. The number of hydrogen-bond acceptors (Lipinski definition) is 6. The fourth-order valence-corrected chi connectivity index (χ4v) is 1.57. The van der Waals surface area contributed by atoms with E-state index in [1.165, 1.54) is 0 Å². The minimum atomic E-state index is -0.666. The van der Waals surface area contributed by atoms with Crippen LogP contribution in [0.15, 0.2) is 24.3 Å². The molecule has 0 fully saturated rings. The number of nitrogens with two attached hydrogens (primary N) is 1. The van der Waals surface area contributed by atoms with Gasteiger partial charge < -0.3 is 29.8 Å². The largest absolute Gasteiger partial charge is 0.491 e. The van der Waals surface area contributed by atoms with Crippen LogP contribution in [0.3, 0.4) is 0 Å². The molecule has 6 nitrogen and oxygen atoms in total. The van der Waals surface area contributed by atoms with E-state index in [0.29, 0.717) is 37.9 Å². The van der Waals surface area contributed by atoms with Gasteiger partial charge in [0.2, 0.25) is 0 Å². The van der Waals surface area contributed by atoms with Crippen LogP contribution >= 0.6 is 0 Å². The van der Waals surface area contributed by atoms with Gasteiger partial charge in [-0.05, 0) is 18.6 Å². The summed E-state index contributed by atoms with van der Waals surface area (Å²) < 4.78 is 20.9. The molecule has 0 heterocycles. The number of aliphatic hydroxyl groups excluding tert-OH is 1. The van der Waals surface area contributed by atoms with E-state index < -0.39 is 6.10 Å². The van der Waals surface area contributed by atoms with Crippen LogP contribution in [0.25, 0.3) is 0 Å². The molecule has 120 valence electrons. The molecule has 0 amide bonds. The van der Waals surface area contributed by atoms with Crippen LogP contribution in [0.1, 0.15) is 6.42 Å². The Kier molecular flexibility index (Phi) is 9.56. The van der Waals surface area contributed by atoms with Gasteiger partial charge in [0.1, 0.15) is 18.5 Å². The smallest absolute Gasteiger partial charge is 0.121 e. The van der Waals surface area contributed by atoms with Crippen LogP contribution < -0.4 is 10.5 Å². The number of benzene rings is 1. The SMILES string of the molecule is COCCOCCCOCC(O)COc1cccc(N)c1. The van der Waals surface area contributed by atoms with Crippen LogP contribution in [0.5, 0.6) is 5.75 Å². The predicted octanol–water partition coefficient (Wildman–Crippen LogP) is 1.08. The highest BCUT2D eigenvalue weighted by atomic mass is 16.5. The van der Waals surface area contributed by atoms with E-state index in [-0.39, 0.29) is 13.2 Å². The zero-order valence-electron chi connectivity index (χ0n) is 12.5. The molecule has 1 rings (SSSR count). The topological polar surface area (TPSA) is 83.2 Å². The van der Waals surface area contributed by atoms with Crippen molar-refractivity contribution >= 4 is 5.69 Å². The standard InChI is InChI=1S/C15H25NO5/c1-18-8-9-19-6-3-7-20-11-14(17)12-21-15-5-2-4-13(16)10-15/h2,4-5,10,14,17H,3,6-9,11-12,16H2,1H3. The fourth-order valence-electron chi connectivity index (χ4n) is 1.57. The molecule has 0 aliphatic heterocycles. The molecule has 0 aliphatic carbocycles. The Morgan fingerprint density at radius 2 is 1.90 bits per heavy atom. The van der Waals surface area contributed by atoms with Gasteiger partial charge in [0.25, 0.3) is 0 Å². The van der Waals surface area contributed by atoms with E-state index in [1.807, 2.05) is 0 Å². The monoisotopic (exact) mass is 299 g/mol. The van der Waals surface area contributed by atoms with Crippen LogP contribution in [-0.4, -0.2) is 58.0 Å². The summed E-state index contributed by atoms with van der Waals surface area (Å²) in [5, 5.41) is 9.72. The Bertz CT molecular complexity index is 375. The summed E-state index contributed by atoms with van der Waals surface area (Å²) in [5.74, 6) is 0.639. The molecular weight excluding hydrogens is 274 g/mol. The van der Waals surface area contributed by atoms with Crippen molar-refractivity contribution in [2.75, 3.05) is 52.5 Å². The lowest BCUT2D eigenvalue weighted by atomic mass is 10.3. The maximum Gasteiger partial charge on any atom is 0.121 e. The second-order valence-corrected chi connectivity index (χ2v) is 4.57. The average Bonchev–Trinajstić information content (AvgIpc) is 2.48. The van der Waals surface area contributed by atoms with Crippen molar-refractivity contribution in [1.29, 1.82) is 0 Å². The zero-order chi connectivity index (χ0) is 15.3. The van der Waals surface area contributed by atoms with E-state index in [1.54, 1.807) is 31.4 Å². The first-order valence-electron chi connectivity index (χ1n) is 7.03. The average molecular weight is 299 g/mol. The molecule has 0 bridgehead atoms. The van der Waals surface area contributed by atoms with Gasteiger partial charge in [0.15, 0.2) is 0 Å². The van der Waals surface area contributed by atoms with Gasteiger partial charge in [0, 0.05) is 32.1 Å². The van der Waals surface area contributed by atoms with Crippen molar-refractivity contribution in [2.24, 2.45) is 0 Å². The Labute approximate surface area is 125 Å². The maximum absolute atomic E-state index is 9.72. The number of nitrogen functional groups attached to an aromatic ring is 1. The minimum absolute atomic E-state index is 0.174. The molecule has 0 saturated carbocycles. The molecule has 1 aromatic carbocycles. The molecule has 3 N–H and O–H groups in total. The number of hydrogen-bond donors (Lipinski definition) is 2. The van der Waals surface area contributed by atoms with Gasteiger partial charge >= 0.3 is 0 Å². The first-order valence-corrected chi connectivity index (χ1v) is 7.03. The highest BCUT2D eigenvalue weighted by Gasteiger charge is 2.05. The molecule has 0 radical (unpaired) electrons. The third kappa shape index (κ3) is 9.25. The Balaban J connectivity index is 1.97. The first-order chi connectivity index (χ1) is 10.2. The number of methoxy groups -OCH3 is 1. The molecule has 0 aliphatic rings. The fraction of sp³-hybridized carbons (Fsp3) is 0.600. The molecule has 1 aromatic rings. The normalized spacial score (nSPS) is 12.3. The lowest BCUT2D eigenvalue weighted by molar-refractivity contribution is 0.00179. The third-order valence-corrected chi connectivity index (χ3v) is 2.62. The molecule has 1 atom stereocenters. The van der Waals surface area contributed by atoms with E-state index in [9.17, 15) is 5.11 Å². The van der Waals surface area contributed by atoms with Crippen molar-refractivity contribution in [3.05, 3.63) is 24.3 Å². The Hall–Kier alpha value is -1.34. The lowest BCUT2D eigenvalue weighted by Gasteiger charge is -2.13. The van der Waals surface area contributed by atoms with Gasteiger partial charge in [-0.2, -0.15) is 0 Å². The Morgan fingerprint density at radius 1 is 1.10 bits per heavy atom.